The first-order valence-electron chi connectivity index (χ1n) is 46.7. The zero-order chi connectivity index (χ0) is 104. The summed E-state index contributed by atoms with van der Waals surface area (Å²) in [5.41, 5.74) is 1.11. The molecule has 0 radical (unpaired) electrons. The average Bonchev–Trinajstić information content (AvgIpc) is 1.66. The number of nitrogens with zero attached hydrogens (tertiary/aromatic N) is 4. The second kappa shape index (κ2) is 48.8. The van der Waals surface area contributed by atoms with Gasteiger partial charge in [0.25, 0.3) is 16.7 Å². The van der Waals surface area contributed by atoms with Crippen molar-refractivity contribution in [1.29, 1.82) is 0 Å². The van der Waals surface area contributed by atoms with Gasteiger partial charge in [0, 0.05) is 139 Å². The molecular weight excluding hydrogens is 1950 g/mol. The highest BCUT2D eigenvalue weighted by molar-refractivity contribution is 6.29. The molecule has 0 bridgehead atoms. The van der Waals surface area contributed by atoms with Crippen molar-refractivity contribution in [3.8, 4) is 0 Å². The fraction of sp³-hybridized carbons (Fsp3) is 0.259. The molecule has 3 N–H and O–H groups in total. The zero-order valence-electron chi connectivity index (χ0n) is 78.6. The van der Waals surface area contributed by atoms with Gasteiger partial charge in [-0.25, -0.2) is 58.1 Å². The van der Waals surface area contributed by atoms with E-state index in [1.807, 2.05) is 0 Å². The summed E-state index contributed by atoms with van der Waals surface area (Å²) in [7, 11) is 1.30. The highest BCUT2D eigenvalue weighted by Gasteiger charge is 2.47. The van der Waals surface area contributed by atoms with E-state index in [0.717, 1.165) is 48.8 Å². The predicted octanol–water partition coefficient (Wildman–Crippen LogP) is 20.6. The molecule has 14 aromatic rings. The number of ether oxygens (including phenoxy) is 6. The molecule has 0 saturated carbocycles. The number of nitrogens with one attached hydrogen (secondary N) is 1. The largest absolute Gasteiger partial charge is 0.465 e. The number of alkyl halides is 1. The molecular formula is C112H98Cl2F11N5O16. The van der Waals surface area contributed by atoms with Gasteiger partial charge in [-0.2, -0.15) is 0 Å². The van der Waals surface area contributed by atoms with E-state index in [1.54, 1.807) is 133 Å². The van der Waals surface area contributed by atoms with Gasteiger partial charge < -0.3 is 57.3 Å². The molecule has 0 aliphatic carbocycles. The van der Waals surface area contributed by atoms with Crippen molar-refractivity contribution in [2.24, 2.45) is 0 Å². The number of aliphatic hydroxyl groups is 2. The summed E-state index contributed by atoms with van der Waals surface area (Å²) in [6.07, 6.45) is 13.0. The van der Waals surface area contributed by atoms with E-state index in [4.69, 9.17) is 57.1 Å². The van der Waals surface area contributed by atoms with Crippen LogP contribution in [0.1, 0.15) is 191 Å². The number of Topliss-reactive ketones (excluding diaryl/α,β-unsaturated/α-hetero) is 3. The van der Waals surface area contributed by atoms with Crippen LogP contribution in [0.3, 0.4) is 0 Å². The van der Waals surface area contributed by atoms with Gasteiger partial charge in [0.2, 0.25) is 5.56 Å². The van der Waals surface area contributed by atoms with Crippen LogP contribution in [0, 0.1) is 64.0 Å². The molecule has 5 fully saturated rings. The van der Waals surface area contributed by atoms with Gasteiger partial charge in [0.05, 0.1) is 38.5 Å². The van der Waals surface area contributed by atoms with E-state index in [-0.39, 0.29) is 75.8 Å². The fourth-order valence-corrected chi connectivity index (χ4v) is 18.7. The Bertz CT molecular complexity index is 6720. The second-order valence-corrected chi connectivity index (χ2v) is 35.7. The Labute approximate surface area is 840 Å². The summed E-state index contributed by atoms with van der Waals surface area (Å²) in [6, 6.07) is 60.2. The normalized spacial score (nSPS) is 18.6. The average molecular weight is 2050 g/mol. The number of carbonyl (C=O) groups is 4. The lowest BCUT2D eigenvalue weighted by molar-refractivity contribution is 0.0325. The first-order chi connectivity index (χ1) is 70.2. The molecule has 34 heteroatoms. The molecule has 10 heterocycles. The SMILES string of the molecule is COC(=O)c1ccc(Cn2cc(F)c(C3(c4ccc(F)cc4)CCCO3)cc2=O)cc1.Fc1ccc(C2(c3cc(Cl)ncc3F)CCCO2)cc1.O=C(CCCCl)c1ccc(F)cc1.O=C(CO)c1ccc(Cn2cc(F)c(C3(c4ccc(F)cc4)CCCO3)cc2=O)cc1.O=C(CO)c1ccc(Cn2cc(F)c(C3(c4ccc(F)cc4)CCCO3)cc2=O)cc1.O=c1cc(C2(c3ccc(F)cc3)CCCO2)c(F)c[nH]1. The molecule has 5 atom stereocenters. The smallest absolute Gasteiger partial charge is 0.337 e. The third-order valence-corrected chi connectivity index (χ3v) is 26.2. The molecule has 758 valence electrons. The van der Waals surface area contributed by atoms with Crippen LogP contribution in [0.4, 0.5) is 48.3 Å². The van der Waals surface area contributed by atoms with E-state index < -0.39 is 122 Å². The number of methoxy groups -OCH3 is 1. The van der Waals surface area contributed by atoms with E-state index in [0.29, 0.717) is 164 Å². The lowest BCUT2D eigenvalue weighted by Crippen LogP contribution is -2.32. The van der Waals surface area contributed by atoms with Gasteiger partial charge in [-0.3, -0.25) is 33.6 Å². The van der Waals surface area contributed by atoms with Gasteiger partial charge in [0.1, 0.15) is 110 Å². The van der Waals surface area contributed by atoms with Gasteiger partial charge in [-0.05, 0) is 218 Å². The second-order valence-electron chi connectivity index (χ2n) is 34.9. The number of hydrogen-bond acceptors (Lipinski definition) is 17. The lowest BCUT2D eigenvalue weighted by atomic mass is 9.84. The summed E-state index contributed by atoms with van der Waals surface area (Å²) < 4.78 is 191. The Balaban J connectivity index is 0.000000141. The Morgan fingerprint density at radius 2 is 0.630 bits per heavy atom. The van der Waals surface area contributed by atoms with Crippen LogP contribution in [0.15, 0.2) is 299 Å². The molecule has 146 heavy (non-hydrogen) atoms. The standard InChI is InChI=1S/3C24H21F2NO4.C15H12ClF2NO.C15H13F2NO2.C10H10ClFO/c1-30-23(29)17-5-3-16(4-6-17)14-27-15-21(26)20(13-22(27)28)24(11-2-12-31-24)18-7-9-19(25)10-8-18;2*25-19-8-6-18(7-9-19)24(10-1-11-31-24)20-12-23(30)27(14-21(20)26)13-16-2-4-17(5-3-16)22(29)15-28;16-14-8-12(13(18)9-19-14)15(6-1-7-20-15)10-2-4-11(17)5-3-10;16-11-4-2-10(3-5-11)15(6-1-7-20-15)12-8-14(19)18-9-13(12)17;11-7-1-2-10(13)8-3-5-9(12)6-4-8/h3-10,13,15H,2,11-12,14H2,1H3;2*2-9,12,14,28H,1,10-11,13,15H2;2-5,8-9H,1,6-7H2;2-5,8-9H,1,6-7H2,(H,18,19);3-6H,1-2,7H2. The Morgan fingerprint density at radius 3 is 0.904 bits per heavy atom. The number of aliphatic hydroxyl groups excluding tert-OH is 2. The third-order valence-electron chi connectivity index (χ3n) is 25.7. The highest BCUT2D eigenvalue weighted by atomic mass is 35.5. The number of H-pyrrole nitrogens is 1. The van der Waals surface area contributed by atoms with Crippen molar-refractivity contribution in [2.75, 3.05) is 59.2 Å². The van der Waals surface area contributed by atoms with Crippen molar-refractivity contribution in [3.63, 3.8) is 0 Å². The number of pyridine rings is 5. The van der Waals surface area contributed by atoms with Crippen molar-refractivity contribution < 1.29 is 106 Å². The van der Waals surface area contributed by atoms with Gasteiger partial charge >= 0.3 is 5.97 Å². The maximum Gasteiger partial charge on any atom is 0.337 e. The van der Waals surface area contributed by atoms with Gasteiger partial charge in [-0.1, -0.05) is 133 Å². The number of carbonyl (C=O) groups excluding carboxylic acids is 4. The van der Waals surface area contributed by atoms with Crippen LogP contribution >= 0.6 is 23.2 Å². The first kappa shape index (κ1) is 108. The highest BCUT2D eigenvalue weighted by Crippen LogP contribution is 2.49. The topological polar surface area (TPSA) is 276 Å². The summed E-state index contributed by atoms with van der Waals surface area (Å²) in [6.45, 7) is 1.47. The minimum atomic E-state index is -1.12. The number of esters is 1. The van der Waals surface area contributed by atoms with Crippen LogP contribution in [0.5, 0.6) is 0 Å². The molecule has 0 amide bonds. The number of benzene rings is 9. The maximum atomic E-state index is 15.2. The van der Waals surface area contributed by atoms with Crippen LogP contribution in [-0.4, -0.2) is 116 Å². The van der Waals surface area contributed by atoms with Gasteiger partial charge in [-0.15, -0.1) is 11.6 Å². The summed E-state index contributed by atoms with van der Waals surface area (Å²) in [4.78, 5) is 102. The number of rotatable bonds is 25. The lowest BCUT2D eigenvalue weighted by Gasteiger charge is -2.30. The number of halogens is 13. The van der Waals surface area contributed by atoms with Crippen molar-refractivity contribution in [1.82, 2.24) is 23.7 Å². The monoisotopic (exact) mass is 2050 g/mol. The summed E-state index contributed by atoms with van der Waals surface area (Å²) >= 11 is 11.3. The van der Waals surface area contributed by atoms with Crippen molar-refractivity contribution in [2.45, 2.75) is 125 Å². The Hall–Kier alpha value is -14.1. The van der Waals surface area contributed by atoms with Gasteiger partial charge in [0.15, 0.2) is 17.3 Å². The Morgan fingerprint density at radius 1 is 0.363 bits per heavy atom. The first-order valence-corrected chi connectivity index (χ1v) is 47.6. The molecule has 0 spiro atoms. The minimum absolute atomic E-state index is 0.0145. The van der Waals surface area contributed by atoms with Crippen molar-refractivity contribution in [3.05, 3.63) is 485 Å². The summed E-state index contributed by atoms with van der Waals surface area (Å²) in [5, 5.41) is 18.1. The van der Waals surface area contributed by atoms with Crippen molar-refractivity contribution >= 4 is 46.5 Å². The third kappa shape index (κ3) is 25.2. The minimum Gasteiger partial charge on any atom is -0.465 e. The molecule has 19 rings (SSSR count). The van der Waals surface area contributed by atoms with E-state index in [2.05, 4.69) is 14.7 Å². The molecule has 5 aromatic heterocycles. The quantitative estimate of drug-likeness (QED) is 0.0158. The number of ketones is 3. The molecule has 5 aliphatic heterocycles. The van der Waals surface area contributed by atoms with Crippen LogP contribution in [0.25, 0.3) is 0 Å². The zero-order valence-corrected chi connectivity index (χ0v) is 80.1. The molecule has 5 aliphatic rings. The maximum absolute atomic E-state index is 15.2. The molecule has 21 nitrogen and oxygen atoms in total. The predicted molar refractivity (Wildman–Crippen MR) is 522 cm³/mol. The molecule has 5 unspecified atom stereocenters. The van der Waals surface area contributed by atoms with Crippen LogP contribution < -0.4 is 22.2 Å². The van der Waals surface area contributed by atoms with Crippen LogP contribution in [-0.2, 0) is 76.1 Å². The number of hydrogen-bond donors (Lipinski definition) is 3. The number of aromatic amines is 1. The summed E-state index contributed by atoms with van der Waals surface area (Å²) in [5.74, 6) is -5.75. The number of aromatic nitrogens is 5. The molecule has 9 aromatic carbocycles. The van der Waals surface area contributed by atoms with E-state index in [1.165, 1.54) is 142 Å². The van der Waals surface area contributed by atoms with E-state index >= 15 is 13.2 Å². The van der Waals surface area contributed by atoms with Crippen LogP contribution in [0.2, 0.25) is 5.15 Å². The molecule has 5 saturated heterocycles. The fourth-order valence-electron chi connectivity index (χ4n) is 18.4. The Kier molecular flexibility index (Phi) is 36.0. The van der Waals surface area contributed by atoms with E-state index in [9.17, 15) is 73.5 Å².